The van der Waals surface area contributed by atoms with E-state index in [4.69, 9.17) is 5.73 Å². The van der Waals surface area contributed by atoms with Gasteiger partial charge in [-0.1, -0.05) is 45.4 Å². The zero-order valence-electron chi connectivity index (χ0n) is 12.9. The fourth-order valence-corrected chi connectivity index (χ4v) is 3.37. The molecule has 1 rings (SSSR count). The molecule has 0 spiro atoms. The Hall–Kier alpha value is -0.0800. The summed E-state index contributed by atoms with van der Waals surface area (Å²) in [4.78, 5) is 2.71. The molecule has 108 valence electrons. The summed E-state index contributed by atoms with van der Waals surface area (Å²) < 4.78 is 0. The van der Waals surface area contributed by atoms with E-state index < -0.39 is 0 Å². The van der Waals surface area contributed by atoms with Gasteiger partial charge in [-0.05, 0) is 39.7 Å². The van der Waals surface area contributed by atoms with Crippen molar-refractivity contribution in [2.24, 2.45) is 5.73 Å². The van der Waals surface area contributed by atoms with Gasteiger partial charge in [0.25, 0.3) is 0 Å². The maximum atomic E-state index is 6.12. The lowest BCUT2D eigenvalue weighted by molar-refractivity contribution is 0.0618. The van der Waals surface area contributed by atoms with Crippen molar-refractivity contribution >= 4 is 0 Å². The van der Waals surface area contributed by atoms with Crippen LogP contribution in [0.25, 0.3) is 0 Å². The number of nitrogens with zero attached hydrogens (tertiary/aromatic N) is 1. The Labute approximate surface area is 114 Å². The van der Waals surface area contributed by atoms with Crippen LogP contribution in [0.1, 0.15) is 78.6 Å². The van der Waals surface area contributed by atoms with Gasteiger partial charge in [0.1, 0.15) is 0 Å². The second-order valence-electron chi connectivity index (χ2n) is 6.40. The molecule has 0 aromatic heterocycles. The van der Waals surface area contributed by atoms with E-state index in [1.807, 2.05) is 0 Å². The van der Waals surface area contributed by atoms with Crippen LogP contribution in [0.2, 0.25) is 0 Å². The van der Waals surface area contributed by atoms with Crippen LogP contribution in [0.5, 0.6) is 0 Å². The van der Waals surface area contributed by atoms with Gasteiger partial charge in [0.2, 0.25) is 0 Å². The van der Waals surface area contributed by atoms with E-state index in [1.165, 1.54) is 64.3 Å². The minimum absolute atomic E-state index is 0.234. The lowest BCUT2D eigenvalue weighted by Gasteiger charge is -2.44. The summed E-state index contributed by atoms with van der Waals surface area (Å²) in [5.74, 6) is 0. The summed E-state index contributed by atoms with van der Waals surface area (Å²) >= 11 is 0. The molecule has 0 aliphatic carbocycles. The molecule has 2 nitrogen and oxygen atoms in total. The Morgan fingerprint density at radius 3 is 2.61 bits per heavy atom. The molecule has 1 fully saturated rings. The molecule has 18 heavy (non-hydrogen) atoms. The first-order valence-electron chi connectivity index (χ1n) is 8.11. The van der Waals surface area contributed by atoms with Gasteiger partial charge in [-0.15, -0.1) is 0 Å². The van der Waals surface area contributed by atoms with E-state index in [9.17, 15) is 0 Å². The fraction of sp³-hybridized carbons (Fsp3) is 1.00. The molecule has 2 atom stereocenters. The van der Waals surface area contributed by atoms with Gasteiger partial charge in [-0.3, -0.25) is 4.90 Å². The largest absolute Gasteiger partial charge is 0.329 e. The average Bonchev–Trinajstić information content (AvgIpc) is 2.59. The Morgan fingerprint density at radius 2 is 1.94 bits per heavy atom. The van der Waals surface area contributed by atoms with Crippen LogP contribution in [0.4, 0.5) is 0 Å². The number of hydrogen-bond donors (Lipinski definition) is 1. The first-order valence-corrected chi connectivity index (χ1v) is 8.11. The molecule has 0 bridgehead atoms. The van der Waals surface area contributed by atoms with Gasteiger partial charge in [0, 0.05) is 18.1 Å². The first kappa shape index (κ1) is 16.0. The van der Waals surface area contributed by atoms with Crippen LogP contribution in [0.3, 0.4) is 0 Å². The SMILES string of the molecule is CCCCCCC(C)(CN)N1CCCCCC1C. The van der Waals surface area contributed by atoms with Gasteiger partial charge in [0.15, 0.2) is 0 Å². The van der Waals surface area contributed by atoms with Gasteiger partial charge in [-0.25, -0.2) is 0 Å². The van der Waals surface area contributed by atoms with Crippen molar-refractivity contribution in [1.29, 1.82) is 0 Å². The minimum Gasteiger partial charge on any atom is -0.329 e. The van der Waals surface area contributed by atoms with Crippen molar-refractivity contribution in [3.8, 4) is 0 Å². The summed E-state index contributed by atoms with van der Waals surface area (Å²) in [5, 5.41) is 0. The van der Waals surface area contributed by atoms with Crippen LogP contribution in [-0.2, 0) is 0 Å². The summed E-state index contributed by atoms with van der Waals surface area (Å²) in [6, 6.07) is 0.715. The second-order valence-corrected chi connectivity index (χ2v) is 6.40. The molecular formula is C16H34N2. The number of nitrogens with two attached hydrogens (primary N) is 1. The van der Waals surface area contributed by atoms with Crippen LogP contribution >= 0.6 is 0 Å². The molecule has 1 aliphatic rings. The lowest BCUT2D eigenvalue weighted by Crippen LogP contribution is -2.55. The predicted octanol–water partition coefficient (Wildman–Crippen LogP) is 3.94. The molecule has 2 N–H and O–H groups in total. The standard InChI is InChI=1S/C16H34N2/c1-4-5-6-9-12-16(3,14-17)18-13-10-7-8-11-15(18)2/h15H,4-14,17H2,1-3H3. The van der Waals surface area contributed by atoms with Crippen molar-refractivity contribution < 1.29 is 0 Å². The van der Waals surface area contributed by atoms with Crippen molar-refractivity contribution in [3.63, 3.8) is 0 Å². The third-order valence-electron chi connectivity index (χ3n) is 4.76. The molecular weight excluding hydrogens is 220 g/mol. The number of hydrogen-bond acceptors (Lipinski definition) is 2. The third-order valence-corrected chi connectivity index (χ3v) is 4.76. The smallest absolute Gasteiger partial charge is 0.0306 e. The molecule has 2 heteroatoms. The Kier molecular flexibility index (Phi) is 7.25. The molecule has 1 heterocycles. The van der Waals surface area contributed by atoms with Crippen LogP contribution in [-0.4, -0.2) is 29.6 Å². The van der Waals surface area contributed by atoms with Crippen LogP contribution in [0, 0.1) is 0 Å². The van der Waals surface area contributed by atoms with Gasteiger partial charge >= 0.3 is 0 Å². The van der Waals surface area contributed by atoms with Gasteiger partial charge in [-0.2, -0.15) is 0 Å². The van der Waals surface area contributed by atoms with Crippen molar-refractivity contribution in [2.45, 2.75) is 90.1 Å². The number of rotatable bonds is 7. The number of unbranched alkanes of at least 4 members (excludes halogenated alkanes) is 3. The molecule has 1 aliphatic heterocycles. The Morgan fingerprint density at radius 1 is 1.17 bits per heavy atom. The van der Waals surface area contributed by atoms with E-state index in [-0.39, 0.29) is 5.54 Å². The number of likely N-dealkylation sites (tertiary alicyclic amines) is 1. The summed E-state index contributed by atoms with van der Waals surface area (Å²) in [7, 11) is 0. The third kappa shape index (κ3) is 4.55. The maximum absolute atomic E-state index is 6.12. The van der Waals surface area contributed by atoms with E-state index in [2.05, 4.69) is 25.7 Å². The molecule has 2 unspecified atom stereocenters. The highest BCUT2D eigenvalue weighted by atomic mass is 15.2. The average molecular weight is 254 g/mol. The molecule has 0 aromatic carbocycles. The quantitative estimate of drug-likeness (QED) is 0.697. The van der Waals surface area contributed by atoms with E-state index in [0.717, 1.165) is 6.54 Å². The summed E-state index contributed by atoms with van der Waals surface area (Å²) in [5.41, 5.74) is 6.36. The Bertz CT molecular complexity index is 217. The van der Waals surface area contributed by atoms with Crippen LogP contribution < -0.4 is 5.73 Å². The first-order chi connectivity index (χ1) is 8.64. The molecule has 0 aromatic rings. The Balaban J connectivity index is 2.54. The minimum atomic E-state index is 0.234. The zero-order valence-corrected chi connectivity index (χ0v) is 12.9. The zero-order chi connectivity index (χ0) is 13.4. The highest BCUT2D eigenvalue weighted by Gasteiger charge is 2.33. The highest BCUT2D eigenvalue weighted by molar-refractivity contribution is 4.91. The van der Waals surface area contributed by atoms with Crippen LogP contribution in [0.15, 0.2) is 0 Å². The van der Waals surface area contributed by atoms with Gasteiger partial charge in [0.05, 0.1) is 0 Å². The van der Waals surface area contributed by atoms with E-state index >= 15 is 0 Å². The van der Waals surface area contributed by atoms with Crippen molar-refractivity contribution in [3.05, 3.63) is 0 Å². The summed E-state index contributed by atoms with van der Waals surface area (Å²) in [6.45, 7) is 9.12. The monoisotopic (exact) mass is 254 g/mol. The normalized spacial score (nSPS) is 25.7. The molecule has 0 saturated carbocycles. The van der Waals surface area contributed by atoms with Crippen molar-refractivity contribution in [2.75, 3.05) is 13.1 Å². The summed E-state index contributed by atoms with van der Waals surface area (Å²) in [6.07, 6.45) is 12.2. The van der Waals surface area contributed by atoms with Crippen molar-refractivity contribution in [1.82, 2.24) is 4.90 Å². The van der Waals surface area contributed by atoms with E-state index in [0.29, 0.717) is 6.04 Å². The molecule has 0 amide bonds. The van der Waals surface area contributed by atoms with Gasteiger partial charge < -0.3 is 5.73 Å². The maximum Gasteiger partial charge on any atom is 0.0306 e. The topological polar surface area (TPSA) is 29.3 Å². The fourth-order valence-electron chi connectivity index (χ4n) is 3.37. The van der Waals surface area contributed by atoms with E-state index in [1.54, 1.807) is 0 Å². The molecule has 1 saturated heterocycles. The molecule has 0 radical (unpaired) electrons. The lowest BCUT2D eigenvalue weighted by atomic mass is 9.90. The highest BCUT2D eigenvalue weighted by Crippen LogP contribution is 2.28. The predicted molar refractivity (Wildman–Crippen MR) is 80.9 cm³/mol. The second kappa shape index (κ2) is 8.16.